The fraction of sp³-hybridized carbons (Fsp3) is 0.409. The van der Waals surface area contributed by atoms with E-state index in [1.54, 1.807) is 0 Å². The van der Waals surface area contributed by atoms with Crippen LogP contribution in [0.5, 0.6) is 0 Å². The number of guanidine groups is 1. The molecule has 5 heteroatoms. The highest BCUT2D eigenvalue weighted by molar-refractivity contribution is 14.0. The Morgan fingerprint density at radius 3 is 2.19 bits per heavy atom. The Bertz CT molecular complexity index is 739. The Labute approximate surface area is 180 Å². The van der Waals surface area contributed by atoms with Crippen LogP contribution in [0.15, 0.2) is 59.6 Å². The SMILES string of the molecule is CN=C(NCc1ccccc1CN(C)C)NCC1(c2ccccc2)CC1.I. The third kappa shape index (κ3) is 5.94. The quantitative estimate of drug-likeness (QED) is 0.362. The van der Waals surface area contributed by atoms with Gasteiger partial charge in [0.15, 0.2) is 5.96 Å². The smallest absolute Gasteiger partial charge is 0.191 e. The van der Waals surface area contributed by atoms with E-state index in [4.69, 9.17) is 0 Å². The fourth-order valence-electron chi connectivity index (χ4n) is 3.39. The zero-order chi connectivity index (χ0) is 18.4. The molecule has 0 heterocycles. The Balaban J connectivity index is 0.00000261. The summed E-state index contributed by atoms with van der Waals surface area (Å²) < 4.78 is 0. The van der Waals surface area contributed by atoms with Crippen molar-refractivity contribution in [2.75, 3.05) is 27.7 Å². The summed E-state index contributed by atoms with van der Waals surface area (Å²) in [5.41, 5.74) is 4.37. The normalized spacial score (nSPS) is 15.2. The lowest BCUT2D eigenvalue weighted by atomic mass is 9.96. The highest BCUT2D eigenvalue weighted by atomic mass is 127. The van der Waals surface area contributed by atoms with Crippen molar-refractivity contribution in [3.8, 4) is 0 Å². The van der Waals surface area contributed by atoms with Crippen LogP contribution in [0.3, 0.4) is 0 Å². The van der Waals surface area contributed by atoms with Crippen LogP contribution in [-0.2, 0) is 18.5 Å². The zero-order valence-corrected chi connectivity index (χ0v) is 18.9. The van der Waals surface area contributed by atoms with Gasteiger partial charge in [-0.25, -0.2) is 0 Å². The number of hydrogen-bond donors (Lipinski definition) is 2. The first-order chi connectivity index (χ1) is 12.6. The molecule has 27 heavy (non-hydrogen) atoms. The van der Waals surface area contributed by atoms with Gasteiger partial charge in [-0.3, -0.25) is 4.99 Å². The summed E-state index contributed by atoms with van der Waals surface area (Å²) in [7, 11) is 6.04. The molecule has 2 N–H and O–H groups in total. The largest absolute Gasteiger partial charge is 0.356 e. The molecule has 1 fully saturated rings. The fourth-order valence-corrected chi connectivity index (χ4v) is 3.39. The summed E-state index contributed by atoms with van der Waals surface area (Å²) in [6.07, 6.45) is 2.49. The number of nitrogens with one attached hydrogen (secondary N) is 2. The monoisotopic (exact) mass is 478 g/mol. The van der Waals surface area contributed by atoms with Crippen LogP contribution in [-0.4, -0.2) is 38.5 Å². The number of aliphatic imine (C=N–C) groups is 1. The maximum atomic E-state index is 4.40. The maximum Gasteiger partial charge on any atom is 0.191 e. The van der Waals surface area contributed by atoms with Gasteiger partial charge >= 0.3 is 0 Å². The van der Waals surface area contributed by atoms with E-state index < -0.39 is 0 Å². The highest BCUT2D eigenvalue weighted by Crippen LogP contribution is 2.47. The second-order valence-electron chi connectivity index (χ2n) is 7.43. The molecule has 0 unspecified atom stereocenters. The van der Waals surface area contributed by atoms with Gasteiger partial charge in [0.25, 0.3) is 0 Å². The predicted octanol–water partition coefficient (Wildman–Crippen LogP) is 3.76. The molecular formula is C22H31IN4. The van der Waals surface area contributed by atoms with Gasteiger partial charge in [0, 0.05) is 32.1 Å². The van der Waals surface area contributed by atoms with E-state index in [9.17, 15) is 0 Å². The van der Waals surface area contributed by atoms with Gasteiger partial charge < -0.3 is 15.5 Å². The van der Waals surface area contributed by atoms with Gasteiger partial charge in [-0.05, 0) is 43.6 Å². The molecule has 0 radical (unpaired) electrons. The Kier molecular flexibility index (Phi) is 8.10. The molecule has 2 aromatic carbocycles. The molecule has 0 spiro atoms. The molecule has 0 aromatic heterocycles. The van der Waals surface area contributed by atoms with Crippen molar-refractivity contribution in [1.82, 2.24) is 15.5 Å². The summed E-state index contributed by atoms with van der Waals surface area (Å²) in [4.78, 5) is 6.60. The van der Waals surface area contributed by atoms with Gasteiger partial charge in [0.1, 0.15) is 0 Å². The maximum absolute atomic E-state index is 4.40. The molecule has 3 rings (SSSR count). The van der Waals surface area contributed by atoms with Crippen LogP contribution < -0.4 is 10.6 Å². The summed E-state index contributed by atoms with van der Waals surface area (Å²) >= 11 is 0. The number of nitrogens with zero attached hydrogens (tertiary/aromatic N) is 2. The molecule has 0 aliphatic heterocycles. The standard InChI is InChI=1S/C22H30N4.HI/c1-23-21(24-15-18-9-7-8-10-19(18)16-26(2)3)25-17-22(13-14-22)20-11-5-4-6-12-20;/h4-12H,13-17H2,1-3H3,(H2,23,24,25);1H. The van der Waals surface area contributed by atoms with Gasteiger partial charge in [0.05, 0.1) is 0 Å². The van der Waals surface area contributed by atoms with Gasteiger partial charge in [-0.2, -0.15) is 0 Å². The van der Waals surface area contributed by atoms with E-state index in [0.717, 1.165) is 25.6 Å². The lowest BCUT2D eigenvalue weighted by Gasteiger charge is -2.20. The van der Waals surface area contributed by atoms with Crippen molar-refractivity contribution in [3.05, 3.63) is 71.3 Å². The van der Waals surface area contributed by atoms with Gasteiger partial charge in [-0.1, -0.05) is 54.6 Å². The topological polar surface area (TPSA) is 39.7 Å². The highest BCUT2D eigenvalue weighted by Gasteiger charge is 2.43. The van der Waals surface area contributed by atoms with Crippen LogP contribution >= 0.6 is 24.0 Å². The molecular weight excluding hydrogens is 447 g/mol. The lowest BCUT2D eigenvalue weighted by Crippen LogP contribution is -2.41. The minimum absolute atomic E-state index is 0. The number of rotatable bonds is 7. The van der Waals surface area contributed by atoms with Crippen LogP contribution in [0.4, 0.5) is 0 Å². The van der Waals surface area contributed by atoms with Crippen LogP contribution in [0.1, 0.15) is 29.5 Å². The van der Waals surface area contributed by atoms with E-state index >= 15 is 0 Å². The second-order valence-corrected chi connectivity index (χ2v) is 7.43. The number of hydrogen-bond acceptors (Lipinski definition) is 2. The van der Waals surface area contributed by atoms with Crippen LogP contribution in [0, 0.1) is 0 Å². The molecule has 2 aromatic rings. The molecule has 0 amide bonds. The molecule has 0 saturated heterocycles. The van der Waals surface area contributed by atoms with Gasteiger partial charge in [0.2, 0.25) is 0 Å². The molecule has 146 valence electrons. The van der Waals surface area contributed by atoms with Crippen LogP contribution in [0.2, 0.25) is 0 Å². The van der Waals surface area contributed by atoms with Crippen LogP contribution in [0.25, 0.3) is 0 Å². The first-order valence-electron chi connectivity index (χ1n) is 9.34. The average molecular weight is 478 g/mol. The summed E-state index contributed by atoms with van der Waals surface area (Å²) in [5, 5.41) is 7.00. The first kappa shape index (κ1) is 21.7. The van der Waals surface area contributed by atoms with E-state index in [2.05, 4.69) is 89.2 Å². The molecule has 1 aliphatic rings. The Hall–Kier alpha value is -1.60. The summed E-state index contributed by atoms with van der Waals surface area (Å²) in [6.45, 7) is 2.65. The van der Waals surface area contributed by atoms with Crippen molar-refractivity contribution in [2.24, 2.45) is 4.99 Å². The molecule has 1 aliphatic carbocycles. The zero-order valence-electron chi connectivity index (χ0n) is 16.5. The molecule has 4 nitrogen and oxygen atoms in total. The number of halogens is 1. The second kappa shape index (κ2) is 10.1. The van der Waals surface area contributed by atoms with Crippen molar-refractivity contribution in [3.63, 3.8) is 0 Å². The lowest BCUT2D eigenvalue weighted by molar-refractivity contribution is 0.400. The molecule has 0 atom stereocenters. The summed E-state index contributed by atoms with van der Waals surface area (Å²) in [5.74, 6) is 0.867. The molecule has 0 bridgehead atoms. The third-order valence-corrected chi connectivity index (χ3v) is 5.11. The van der Waals surface area contributed by atoms with E-state index in [1.807, 2.05) is 7.05 Å². The van der Waals surface area contributed by atoms with Crippen molar-refractivity contribution >= 4 is 29.9 Å². The Morgan fingerprint density at radius 2 is 1.59 bits per heavy atom. The van der Waals surface area contributed by atoms with Gasteiger partial charge in [-0.15, -0.1) is 24.0 Å². The van der Waals surface area contributed by atoms with Crippen molar-refractivity contribution in [2.45, 2.75) is 31.3 Å². The van der Waals surface area contributed by atoms with E-state index in [1.165, 1.54) is 29.5 Å². The minimum atomic E-state index is 0. The van der Waals surface area contributed by atoms with Crippen molar-refractivity contribution < 1.29 is 0 Å². The summed E-state index contributed by atoms with van der Waals surface area (Å²) in [6, 6.07) is 19.4. The average Bonchev–Trinajstić information content (AvgIpc) is 3.44. The molecule has 1 saturated carbocycles. The number of benzene rings is 2. The van der Waals surface area contributed by atoms with E-state index in [0.29, 0.717) is 0 Å². The first-order valence-corrected chi connectivity index (χ1v) is 9.34. The van der Waals surface area contributed by atoms with E-state index in [-0.39, 0.29) is 29.4 Å². The third-order valence-electron chi connectivity index (χ3n) is 5.11. The minimum Gasteiger partial charge on any atom is -0.356 e. The van der Waals surface area contributed by atoms with Crippen molar-refractivity contribution in [1.29, 1.82) is 0 Å². The Morgan fingerprint density at radius 1 is 0.963 bits per heavy atom. The predicted molar refractivity (Wildman–Crippen MR) is 125 cm³/mol.